The molecule has 0 radical (unpaired) electrons. The summed E-state index contributed by atoms with van der Waals surface area (Å²) in [5, 5.41) is 3.72. The molecular formula is C14H27N3. The van der Waals surface area contributed by atoms with Crippen LogP contribution in [0.25, 0.3) is 0 Å². The van der Waals surface area contributed by atoms with Gasteiger partial charge in [0.05, 0.1) is 0 Å². The predicted octanol–water partition coefficient (Wildman–Crippen LogP) is 1.30. The maximum absolute atomic E-state index is 3.72. The Balaban J connectivity index is 1.65. The number of likely N-dealkylation sites (tertiary alicyclic amines) is 2. The van der Waals surface area contributed by atoms with Crippen molar-refractivity contribution in [3.05, 3.63) is 0 Å². The first-order valence-electron chi connectivity index (χ1n) is 7.45. The number of nitrogens with zero attached hydrogens (tertiary/aromatic N) is 2. The van der Waals surface area contributed by atoms with E-state index in [9.17, 15) is 0 Å². The van der Waals surface area contributed by atoms with Gasteiger partial charge in [0, 0.05) is 30.7 Å². The molecule has 0 aromatic rings. The molecule has 0 amide bonds. The second-order valence-electron chi connectivity index (χ2n) is 6.33. The normalized spacial score (nSPS) is 44.8. The minimum atomic E-state index is 0.776. The number of likely N-dealkylation sites (N-methyl/N-ethyl adjacent to an activating group) is 1. The lowest BCUT2D eigenvalue weighted by atomic mass is 10.0. The molecule has 0 bridgehead atoms. The van der Waals surface area contributed by atoms with Crippen molar-refractivity contribution in [1.82, 2.24) is 15.1 Å². The number of hydrogen-bond acceptors (Lipinski definition) is 3. The molecule has 4 unspecified atom stereocenters. The van der Waals surface area contributed by atoms with Gasteiger partial charge in [0.15, 0.2) is 0 Å². The van der Waals surface area contributed by atoms with Gasteiger partial charge < -0.3 is 10.2 Å². The van der Waals surface area contributed by atoms with Gasteiger partial charge in [0.1, 0.15) is 0 Å². The monoisotopic (exact) mass is 237 g/mol. The van der Waals surface area contributed by atoms with Crippen LogP contribution in [0.15, 0.2) is 0 Å². The highest BCUT2D eigenvalue weighted by Crippen LogP contribution is 2.31. The molecule has 0 aromatic heterocycles. The summed E-state index contributed by atoms with van der Waals surface area (Å²) in [6.45, 7) is 6.24. The van der Waals surface area contributed by atoms with Crippen LogP contribution in [0.1, 0.15) is 39.0 Å². The molecule has 1 N–H and O–H groups in total. The maximum atomic E-state index is 3.72. The van der Waals surface area contributed by atoms with Crippen LogP contribution in [-0.4, -0.2) is 60.6 Å². The van der Waals surface area contributed by atoms with Crippen LogP contribution in [0.2, 0.25) is 0 Å². The van der Waals surface area contributed by atoms with Gasteiger partial charge in [0.2, 0.25) is 0 Å². The van der Waals surface area contributed by atoms with Gasteiger partial charge in [-0.3, -0.25) is 4.90 Å². The van der Waals surface area contributed by atoms with Gasteiger partial charge in [-0.2, -0.15) is 0 Å². The zero-order chi connectivity index (χ0) is 11.8. The van der Waals surface area contributed by atoms with Gasteiger partial charge in [-0.15, -0.1) is 0 Å². The Bertz CT molecular complexity index is 252. The average Bonchev–Trinajstić information content (AvgIpc) is 3.00. The fourth-order valence-corrected chi connectivity index (χ4v) is 4.14. The fourth-order valence-electron chi connectivity index (χ4n) is 4.14. The Morgan fingerprint density at radius 3 is 2.71 bits per heavy atom. The molecule has 0 spiro atoms. The molecule has 3 nitrogen and oxygen atoms in total. The van der Waals surface area contributed by atoms with Gasteiger partial charge in [-0.05, 0) is 59.2 Å². The Labute approximate surface area is 106 Å². The smallest absolute Gasteiger partial charge is 0.0253 e. The van der Waals surface area contributed by atoms with E-state index < -0.39 is 0 Å². The van der Waals surface area contributed by atoms with Crippen LogP contribution in [0.4, 0.5) is 0 Å². The van der Waals surface area contributed by atoms with Crippen molar-refractivity contribution in [3.8, 4) is 0 Å². The van der Waals surface area contributed by atoms with Crippen molar-refractivity contribution < 1.29 is 0 Å². The van der Waals surface area contributed by atoms with Gasteiger partial charge in [-0.1, -0.05) is 0 Å². The van der Waals surface area contributed by atoms with Gasteiger partial charge >= 0.3 is 0 Å². The largest absolute Gasteiger partial charge is 0.312 e. The maximum Gasteiger partial charge on any atom is 0.0253 e. The van der Waals surface area contributed by atoms with Crippen molar-refractivity contribution >= 4 is 0 Å². The quantitative estimate of drug-likeness (QED) is 0.781. The molecule has 4 atom stereocenters. The van der Waals surface area contributed by atoms with E-state index in [4.69, 9.17) is 0 Å². The van der Waals surface area contributed by atoms with Crippen LogP contribution in [0.5, 0.6) is 0 Å². The summed E-state index contributed by atoms with van der Waals surface area (Å²) in [5.41, 5.74) is 0. The van der Waals surface area contributed by atoms with E-state index in [-0.39, 0.29) is 0 Å². The molecular weight excluding hydrogens is 210 g/mol. The predicted molar refractivity (Wildman–Crippen MR) is 71.2 cm³/mol. The molecule has 98 valence electrons. The first kappa shape index (κ1) is 11.9. The highest BCUT2D eigenvalue weighted by molar-refractivity contribution is 4.98. The van der Waals surface area contributed by atoms with Crippen LogP contribution in [0.3, 0.4) is 0 Å². The fraction of sp³-hybridized carbons (Fsp3) is 1.00. The molecule has 3 saturated heterocycles. The molecule has 0 saturated carbocycles. The van der Waals surface area contributed by atoms with Gasteiger partial charge in [-0.25, -0.2) is 0 Å². The lowest BCUT2D eigenvalue weighted by Gasteiger charge is -2.34. The summed E-state index contributed by atoms with van der Waals surface area (Å²) < 4.78 is 0. The Morgan fingerprint density at radius 2 is 2.06 bits per heavy atom. The van der Waals surface area contributed by atoms with Crippen LogP contribution in [0, 0.1) is 0 Å². The lowest BCUT2D eigenvalue weighted by Crippen LogP contribution is -2.49. The zero-order valence-corrected chi connectivity index (χ0v) is 11.4. The molecule has 0 aliphatic carbocycles. The molecule has 0 aromatic carbocycles. The third-order valence-electron chi connectivity index (χ3n) is 5.24. The second kappa shape index (κ2) is 4.87. The van der Waals surface area contributed by atoms with Crippen LogP contribution in [-0.2, 0) is 0 Å². The van der Waals surface area contributed by atoms with E-state index in [1.807, 2.05) is 0 Å². The summed E-state index contributed by atoms with van der Waals surface area (Å²) >= 11 is 0. The summed E-state index contributed by atoms with van der Waals surface area (Å²) in [4.78, 5) is 5.37. The number of nitrogens with one attached hydrogen (secondary N) is 1. The highest BCUT2D eigenvalue weighted by Gasteiger charge is 2.40. The van der Waals surface area contributed by atoms with Crippen molar-refractivity contribution in [3.63, 3.8) is 0 Å². The SMILES string of the molecule is CC1CC(N2CCCC2C2CCCN2)CN1C. The molecule has 3 aliphatic rings. The number of rotatable bonds is 2. The van der Waals surface area contributed by atoms with E-state index >= 15 is 0 Å². The highest BCUT2D eigenvalue weighted by atomic mass is 15.3. The third kappa shape index (κ3) is 2.25. The molecule has 3 heteroatoms. The van der Waals surface area contributed by atoms with E-state index in [0.717, 1.165) is 24.2 Å². The second-order valence-corrected chi connectivity index (χ2v) is 6.33. The Morgan fingerprint density at radius 1 is 1.18 bits per heavy atom. The van der Waals surface area contributed by atoms with Crippen molar-refractivity contribution in [2.75, 3.05) is 26.7 Å². The van der Waals surface area contributed by atoms with E-state index in [2.05, 4.69) is 29.1 Å². The average molecular weight is 237 g/mol. The lowest BCUT2D eigenvalue weighted by molar-refractivity contribution is 0.155. The van der Waals surface area contributed by atoms with Gasteiger partial charge in [0.25, 0.3) is 0 Å². The minimum Gasteiger partial charge on any atom is -0.312 e. The third-order valence-corrected chi connectivity index (χ3v) is 5.24. The van der Waals surface area contributed by atoms with Crippen molar-refractivity contribution in [1.29, 1.82) is 0 Å². The summed E-state index contributed by atoms with van der Waals surface area (Å²) in [6, 6.07) is 3.22. The van der Waals surface area contributed by atoms with Crippen molar-refractivity contribution in [2.24, 2.45) is 0 Å². The van der Waals surface area contributed by atoms with Crippen molar-refractivity contribution in [2.45, 2.75) is 63.2 Å². The van der Waals surface area contributed by atoms with E-state index in [1.54, 1.807) is 0 Å². The first-order chi connectivity index (χ1) is 8.25. The number of hydrogen-bond donors (Lipinski definition) is 1. The molecule has 3 aliphatic heterocycles. The molecule has 3 heterocycles. The van der Waals surface area contributed by atoms with E-state index in [1.165, 1.54) is 51.7 Å². The minimum absolute atomic E-state index is 0.776. The standard InChI is InChI=1S/C14H27N3/c1-11-9-12(10-16(11)2)17-8-4-6-14(17)13-5-3-7-15-13/h11-15H,3-10H2,1-2H3. The molecule has 3 fully saturated rings. The van der Waals surface area contributed by atoms with Crippen LogP contribution < -0.4 is 5.32 Å². The Kier molecular flexibility index (Phi) is 3.42. The van der Waals surface area contributed by atoms with Crippen LogP contribution >= 0.6 is 0 Å². The molecule has 3 rings (SSSR count). The topological polar surface area (TPSA) is 18.5 Å². The summed E-state index contributed by atoms with van der Waals surface area (Å²) in [5.74, 6) is 0. The Hall–Kier alpha value is -0.120. The summed E-state index contributed by atoms with van der Waals surface area (Å²) in [6.07, 6.45) is 7.00. The molecule has 17 heavy (non-hydrogen) atoms. The summed E-state index contributed by atoms with van der Waals surface area (Å²) in [7, 11) is 2.28. The first-order valence-corrected chi connectivity index (χ1v) is 7.45. The van der Waals surface area contributed by atoms with E-state index in [0.29, 0.717) is 0 Å². The zero-order valence-electron chi connectivity index (χ0n) is 11.4.